The standard InChI is InChI=1S/C26H26N4O5/c1-4-26(34)16-8-19-22-14(10-29(19)24(32)15(16)12-35-25(26)33)23-21-17(6-5-7-18(21)28-22)27-20(11-31)30(23)9-13(2)3/h5-8,13,31,34H,4,9-12H2,1-3H3. The van der Waals surface area contributed by atoms with Gasteiger partial charge in [-0.05, 0) is 30.5 Å². The summed E-state index contributed by atoms with van der Waals surface area (Å²) in [5.41, 5.74) is 2.83. The number of aliphatic hydroxyl groups excluding tert-OH is 1. The van der Waals surface area contributed by atoms with Crippen LogP contribution in [0.5, 0.6) is 0 Å². The van der Waals surface area contributed by atoms with Crippen LogP contribution in [-0.4, -0.2) is 44.7 Å². The molecule has 1 unspecified atom stereocenters. The zero-order chi connectivity index (χ0) is 24.6. The smallest absolute Gasteiger partial charge is 0.343 e. The summed E-state index contributed by atoms with van der Waals surface area (Å²) >= 11 is 0. The summed E-state index contributed by atoms with van der Waals surface area (Å²) in [6.45, 7) is 6.43. The Balaban J connectivity index is 1.66. The average molecular weight is 475 g/mol. The van der Waals surface area contributed by atoms with E-state index >= 15 is 0 Å². The number of hydrogen-bond donors (Lipinski definition) is 2. The highest BCUT2D eigenvalue weighted by Crippen LogP contribution is 2.47. The number of fused-ring (bicyclic) bond motifs is 5. The molecule has 6 rings (SSSR count). The van der Waals surface area contributed by atoms with Crippen LogP contribution >= 0.6 is 0 Å². The number of aliphatic imine (C=N–C) groups is 1. The highest BCUT2D eigenvalue weighted by atomic mass is 16.6. The number of ether oxygens (including phenoxy) is 1. The van der Waals surface area contributed by atoms with Gasteiger partial charge in [0.2, 0.25) is 0 Å². The molecule has 3 aliphatic rings. The second-order valence-corrected chi connectivity index (χ2v) is 9.75. The van der Waals surface area contributed by atoms with Gasteiger partial charge in [0.1, 0.15) is 19.0 Å². The van der Waals surface area contributed by atoms with Gasteiger partial charge in [-0.2, -0.15) is 0 Å². The van der Waals surface area contributed by atoms with Crippen LogP contribution in [-0.2, 0) is 28.3 Å². The molecule has 0 bridgehead atoms. The summed E-state index contributed by atoms with van der Waals surface area (Å²) in [6, 6.07) is 7.41. The van der Waals surface area contributed by atoms with E-state index in [0.717, 1.165) is 27.8 Å². The molecule has 3 aliphatic heterocycles. The highest BCUT2D eigenvalue weighted by molar-refractivity contribution is 6.16. The highest BCUT2D eigenvalue weighted by Gasteiger charge is 2.45. The molecule has 2 N–H and O–H groups in total. The Labute approximate surface area is 201 Å². The number of carbonyl (C=O) groups excluding carboxylic acids is 1. The molecular formula is C26H26N4O5. The first kappa shape index (κ1) is 21.9. The third kappa shape index (κ3) is 2.88. The predicted molar refractivity (Wildman–Crippen MR) is 131 cm³/mol. The van der Waals surface area contributed by atoms with E-state index in [-0.39, 0.29) is 37.7 Å². The number of aromatic nitrogens is 2. The van der Waals surface area contributed by atoms with E-state index in [1.165, 1.54) is 0 Å². The van der Waals surface area contributed by atoms with Gasteiger partial charge in [-0.3, -0.25) is 4.79 Å². The molecule has 0 amide bonds. The van der Waals surface area contributed by atoms with Crippen LogP contribution < -0.4 is 10.5 Å². The molecule has 1 aromatic carbocycles. The van der Waals surface area contributed by atoms with Crippen molar-refractivity contribution in [2.24, 2.45) is 10.9 Å². The van der Waals surface area contributed by atoms with Crippen molar-refractivity contribution in [1.82, 2.24) is 9.55 Å². The minimum Gasteiger partial charge on any atom is -0.458 e. The number of amidine groups is 1. The normalized spacial score (nSPS) is 20.0. The molecule has 0 radical (unpaired) electrons. The summed E-state index contributed by atoms with van der Waals surface area (Å²) < 4.78 is 6.82. The van der Waals surface area contributed by atoms with Crippen LogP contribution in [0.25, 0.3) is 22.3 Å². The fourth-order valence-electron chi connectivity index (χ4n) is 5.49. The number of carbonyl (C=O) groups is 1. The first-order valence-electron chi connectivity index (χ1n) is 11.9. The minimum absolute atomic E-state index is 0.0901. The van der Waals surface area contributed by atoms with Crippen LogP contribution in [0, 0.1) is 5.92 Å². The van der Waals surface area contributed by atoms with Gasteiger partial charge in [-0.25, -0.2) is 14.8 Å². The molecule has 3 aromatic rings. The number of rotatable bonds is 4. The van der Waals surface area contributed by atoms with Gasteiger partial charge in [0.15, 0.2) is 5.60 Å². The first-order chi connectivity index (χ1) is 16.8. The van der Waals surface area contributed by atoms with Crippen molar-refractivity contribution in [3.63, 3.8) is 0 Å². The SMILES string of the molecule is CCC1(O)C(=O)OCc2c1cc1n(c2=O)Cc2c-1nc1cccc3c1c2N(CC(C)C)C(CO)=N3. The average Bonchev–Trinajstić information content (AvgIpc) is 3.21. The summed E-state index contributed by atoms with van der Waals surface area (Å²) in [6.07, 6.45) is 0.0901. The number of nitrogens with zero attached hydrogens (tertiary/aromatic N) is 4. The van der Waals surface area contributed by atoms with Crippen molar-refractivity contribution in [3.05, 3.63) is 51.3 Å². The van der Waals surface area contributed by atoms with Gasteiger partial charge in [0.05, 0.1) is 45.8 Å². The molecule has 5 heterocycles. The second-order valence-electron chi connectivity index (χ2n) is 9.75. The molecule has 0 saturated carbocycles. The van der Waals surface area contributed by atoms with Crippen molar-refractivity contribution in [2.75, 3.05) is 18.1 Å². The van der Waals surface area contributed by atoms with Crippen LogP contribution in [0.4, 0.5) is 11.4 Å². The maximum Gasteiger partial charge on any atom is 0.343 e. The molecule has 180 valence electrons. The quantitative estimate of drug-likeness (QED) is 0.437. The van der Waals surface area contributed by atoms with E-state index in [2.05, 4.69) is 13.8 Å². The van der Waals surface area contributed by atoms with Gasteiger partial charge in [-0.1, -0.05) is 26.8 Å². The molecule has 9 nitrogen and oxygen atoms in total. The fraction of sp³-hybridized carbons (Fsp3) is 0.385. The third-order valence-corrected chi connectivity index (χ3v) is 7.18. The summed E-state index contributed by atoms with van der Waals surface area (Å²) in [5, 5.41) is 22.2. The van der Waals surface area contributed by atoms with Gasteiger partial charge in [0, 0.05) is 17.7 Å². The second kappa shape index (κ2) is 7.47. The van der Waals surface area contributed by atoms with Crippen molar-refractivity contribution in [3.8, 4) is 11.4 Å². The molecule has 0 fully saturated rings. The van der Waals surface area contributed by atoms with Crippen molar-refractivity contribution >= 4 is 34.1 Å². The van der Waals surface area contributed by atoms with E-state index in [1.54, 1.807) is 17.6 Å². The number of anilines is 1. The Morgan fingerprint density at radius 1 is 1.23 bits per heavy atom. The number of hydrogen-bond acceptors (Lipinski definition) is 8. The molecule has 1 atom stereocenters. The molecule has 0 aliphatic carbocycles. The van der Waals surface area contributed by atoms with Crippen molar-refractivity contribution in [2.45, 2.75) is 45.9 Å². The zero-order valence-electron chi connectivity index (χ0n) is 19.8. The van der Waals surface area contributed by atoms with Gasteiger partial charge < -0.3 is 24.4 Å². The summed E-state index contributed by atoms with van der Waals surface area (Å²) in [4.78, 5) is 37.7. The van der Waals surface area contributed by atoms with E-state index in [1.807, 2.05) is 23.1 Å². The summed E-state index contributed by atoms with van der Waals surface area (Å²) in [5.74, 6) is 0.0969. The number of aliphatic hydroxyl groups is 2. The Bertz CT molecular complexity index is 1520. The summed E-state index contributed by atoms with van der Waals surface area (Å²) in [7, 11) is 0. The monoisotopic (exact) mass is 474 g/mol. The number of benzene rings is 1. The van der Waals surface area contributed by atoms with E-state index in [9.17, 15) is 19.8 Å². The molecule has 0 spiro atoms. The van der Waals surface area contributed by atoms with Crippen LogP contribution in [0.1, 0.15) is 43.9 Å². The fourth-order valence-corrected chi connectivity index (χ4v) is 5.49. The van der Waals surface area contributed by atoms with Crippen molar-refractivity contribution < 1.29 is 19.7 Å². The van der Waals surface area contributed by atoms with E-state index < -0.39 is 11.6 Å². The van der Waals surface area contributed by atoms with Gasteiger partial charge in [-0.15, -0.1) is 0 Å². The molecule has 0 saturated heterocycles. The Hall–Kier alpha value is -3.56. The Morgan fingerprint density at radius 2 is 2.03 bits per heavy atom. The third-order valence-electron chi connectivity index (χ3n) is 7.18. The number of esters is 1. The predicted octanol–water partition coefficient (Wildman–Crippen LogP) is 2.58. The van der Waals surface area contributed by atoms with Gasteiger partial charge >= 0.3 is 5.97 Å². The zero-order valence-corrected chi connectivity index (χ0v) is 19.8. The first-order valence-corrected chi connectivity index (χ1v) is 11.9. The Morgan fingerprint density at radius 3 is 2.74 bits per heavy atom. The van der Waals surface area contributed by atoms with Gasteiger partial charge in [0.25, 0.3) is 5.56 Å². The number of pyridine rings is 2. The largest absolute Gasteiger partial charge is 0.458 e. The lowest BCUT2D eigenvalue weighted by Crippen LogP contribution is -2.44. The molecular weight excluding hydrogens is 448 g/mol. The Kier molecular flexibility index (Phi) is 4.68. The maximum absolute atomic E-state index is 13.6. The van der Waals surface area contributed by atoms with E-state index in [4.69, 9.17) is 14.7 Å². The molecule has 2 aromatic heterocycles. The minimum atomic E-state index is -1.87. The van der Waals surface area contributed by atoms with Crippen LogP contribution in [0.15, 0.2) is 34.1 Å². The topological polar surface area (TPSA) is 117 Å². The number of cyclic esters (lactones) is 1. The lowest BCUT2D eigenvalue weighted by atomic mass is 9.86. The maximum atomic E-state index is 13.6. The van der Waals surface area contributed by atoms with Crippen molar-refractivity contribution in [1.29, 1.82) is 0 Å². The lowest BCUT2D eigenvalue weighted by molar-refractivity contribution is -0.172. The molecule has 35 heavy (non-hydrogen) atoms. The van der Waals surface area contributed by atoms with E-state index in [0.29, 0.717) is 34.9 Å². The van der Waals surface area contributed by atoms with Crippen LogP contribution in [0.3, 0.4) is 0 Å². The lowest BCUT2D eigenvalue weighted by Gasteiger charge is -2.33. The molecule has 9 heteroatoms. The van der Waals surface area contributed by atoms with Crippen LogP contribution in [0.2, 0.25) is 0 Å².